The minimum atomic E-state index is 0.0963. The molecule has 5 nitrogen and oxygen atoms in total. The van der Waals surface area contributed by atoms with Gasteiger partial charge in [-0.2, -0.15) is 5.10 Å². The number of hydrazine groups is 1. The molecule has 0 aliphatic heterocycles. The van der Waals surface area contributed by atoms with E-state index in [9.17, 15) is 0 Å². The van der Waals surface area contributed by atoms with Gasteiger partial charge in [0.05, 0.1) is 29.0 Å². The van der Waals surface area contributed by atoms with Crippen LogP contribution in [0.4, 0.5) is 0 Å². The van der Waals surface area contributed by atoms with Gasteiger partial charge in [0.25, 0.3) is 0 Å². The zero-order valence-electron chi connectivity index (χ0n) is 12.6. The summed E-state index contributed by atoms with van der Waals surface area (Å²) in [6.45, 7) is 8.45. The highest BCUT2D eigenvalue weighted by molar-refractivity contribution is 9.10. The van der Waals surface area contributed by atoms with E-state index >= 15 is 0 Å². The van der Waals surface area contributed by atoms with Gasteiger partial charge in [0.2, 0.25) is 0 Å². The summed E-state index contributed by atoms with van der Waals surface area (Å²) in [5.74, 6) is 5.74. The molecule has 0 radical (unpaired) electrons. The van der Waals surface area contributed by atoms with Gasteiger partial charge in [-0.3, -0.25) is 16.0 Å². The fourth-order valence-corrected chi connectivity index (χ4v) is 2.61. The first-order valence-corrected chi connectivity index (χ1v) is 7.36. The molecule has 0 aliphatic carbocycles. The van der Waals surface area contributed by atoms with Crippen molar-refractivity contribution in [2.24, 2.45) is 11.3 Å². The standard InChI is InChI=1S/C13H26BrN5/c1-13(2,3)8-11(17-15)12-10(14)9-16-19(12)7-6-18(4)5/h9,11,17H,6-8,15H2,1-5H3. The van der Waals surface area contributed by atoms with E-state index in [1.54, 1.807) is 0 Å². The van der Waals surface area contributed by atoms with Crippen LogP contribution in [0.15, 0.2) is 10.7 Å². The highest BCUT2D eigenvalue weighted by Gasteiger charge is 2.24. The van der Waals surface area contributed by atoms with E-state index in [4.69, 9.17) is 5.84 Å². The van der Waals surface area contributed by atoms with E-state index in [1.807, 2.05) is 10.9 Å². The lowest BCUT2D eigenvalue weighted by Gasteiger charge is -2.26. The van der Waals surface area contributed by atoms with Crippen molar-refractivity contribution in [1.82, 2.24) is 20.1 Å². The summed E-state index contributed by atoms with van der Waals surface area (Å²) in [4.78, 5) is 2.15. The summed E-state index contributed by atoms with van der Waals surface area (Å²) in [5.41, 5.74) is 4.25. The average molecular weight is 332 g/mol. The van der Waals surface area contributed by atoms with E-state index in [0.717, 1.165) is 29.7 Å². The van der Waals surface area contributed by atoms with Gasteiger partial charge in [0.1, 0.15) is 0 Å². The lowest BCUT2D eigenvalue weighted by molar-refractivity contribution is 0.296. The summed E-state index contributed by atoms with van der Waals surface area (Å²) >= 11 is 3.58. The quantitative estimate of drug-likeness (QED) is 0.619. The Bertz CT molecular complexity index is 394. The number of hydrogen-bond donors (Lipinski definition) is 2. The van der Waals surface area contributed by atoms with Crippen LogP contribution in [0.1, 0.15) is 38.9 Å². The molecular weight excluding hydrogens is 306 g/mol. The Morgan fingerprint density at radius 1 is 1.47 bits per heavy atom. The molecule has 1 unspecified atom stereocenters. The van der Waals surface area contributed by atoms with Crippen LogP contribution in [0.3, 0.4) is 0 Å². The number of nitrogens with zero attached hydrogens (tertiary/aromatic N) is 3. The normalized spacial score (nSPS) is 14.1. The fraction of sp³-hybridized carbons (Fsp3) is 0.769. The van der Waals surface area contributed by atoms with Gasteiger partial charge in [-0.15, -0.1) is 0 Å². The summed E-state index contributed by atoms with van der Waals surface area (Å²) in [6, 6.07) is 0.0963. The van der Waals surface area contributed by atoms with Crippen LogP contribution in [0, 0.1) is 5.41 Å². The van der Waals surface area contributed by atoms with Crippen LogP contribution in [-0.4, -0.2) is 35.3 Å². The average Bonchev–Trinajstić information content (AvgIpc) is 2.63. The van der Waals surface area contributed by atoms with Crippen LogP contribution in [0.25, 0.3) is 0 Å². The van der Waals surface area contributed by atoms with Gasteiger partial charge >= 0.3 is 0 Å². The minimum absolute atomic E-state index is 0.0963. The number of nitrogens with one attached hydrogen (secondary N) is 1. The molecule has 0 saturated carbocycles. The molecule has 1 rings (SSSR count). The highest BCUT2D eigenvalue weighted by atomic mass is 79.9. The van der Waals surface area contributed by atoms with Crippen molar-refractivity contribution in [3.05, 3.63) is 16.4 Å². The van der Waals surface area contributed by atoms with E-state index in [-0.39, 0.29) is 11.5 Å². The van der Waals surface area contributed by atoms with Crippen molar-refractivity contribution in [2.75, 3.05) is 20.6 Å². The minimum Gasteiger partial charge on any atom is -0.308 e. The second-order valence-corrected chi connectivity index (χ2v) is 7.24. The number of aromatic nitrogens is 2. The molecule has 0 amide bonds. The van der Waals surface area contributed by atoms with E-state index in [2.05, 4.69) is 66.2 Å². The topological polar surface area (TPSA) is 59.1 Å². The maximum atomic E-state index is 5.74. The van der Waals surface area contributed by atoms with Gasteiger partial charge in [-0.1, -0.05) is 20.8 Å². The fourth-order valence-electron chi connectivity index (χ4n) is 2.04. The number of hydrogen-bond acceptors (Lipinski definition) is 4. The van der Waals surface area contributed by atoms with Gasteiger partial charge < -0.3 is 4.90 Å². The van der Waals surface area contributed by atoms with Crippen molar-refractivity contribution in [2.45, 2.75) is 39.8 Å². The molecule has 0 spiro atoms. The predicted molar refractivity (Wildman–Crippen MR) is 82.6 cm³/mol. The molecule has 1 aromatic heterocycles. The van der Waals surface area contributed by atoms with Crippen LogP contribution in [0.5, 0.6) is 0 Å². The number of halogens is 1. The first-order valence-electron chi connectivity index (χ1n) is 6.56. The second kappa shape index (κ2) is 6.83. The lowest BCUT2D eigenvalue weighted by atomic mass is 9.87. The molecule has 0 fully saturated rings. The van der Waals surface area contributed by atoms with E-state index < -0.39 is 0 Å². The van der Waals surface area contributed by atoms with Gasteiger partial charge in [0, 0.05) is 6.54 Å². The first-order chi connectivity index (χ1) is 8.74. The predicted octanol–water partition coefficient (Wildman–Crippen LogP) is 2.15. The molecular formula is C13H26BrN5. The van der Waals surface area contributed by atoms with Crippen LogP contribution in [0.2, 0.25) is 0 Å². The molecule has 1 heterocycles. The summed E-state index contributed by atoms with van der Waals surface area (Å²) in [7, 11) is 4.12. The Morgan fingerprint density at radius 2 is 2.11 bits per heavy atom. The molecule has 6 heteroatoms. The lowest BCUT2D eigenvalue weighted by Crippen LogP contribution is -2.33. The zero-order valence-corrected chi connectivity index (χ0v) is 14.2. The maximum Gasteiger partial charge on any atom is 0.0709 e. The molecule has 1 aromatic rings. The van der Waals surface area contributed by atoms with E-state index in [0.29, 0.717) is 0 Å². The molecule has 0 aliphatic rings. The Balaban J connectivity index is 2.92. The zero-order chi connectivity index (χ0) is 14.6. The maximum absolute atomic E-state index is 5.74. The van der Waals surface area contributed by atoms with Gasteiger partial charge in [-0.25, -0.2) is 0 Å². The second-order valence-electron chi connectivity index (χ2n) is 6.39. The molecule has 0 bridgehead atoms. The third-order valence-corrected chi connectivity index (χ3v) is 3.55. The Labute approximate surface area is 124 Å². The molecule has 110 valence electrons. The van der Waals surface area contributed by atoms with Crippen molar-refractivity contribution >= 4 is 15.9 Å². The largest absolute Gasteiger partial charge is 0.308 e. The third kappa shape index (κ3) is 5.22. The van der Waals surface area contributed by atoms with Gasteiger partial charge in [-0.05, 0) is 41.9 Å². The molecule has 0 aromatic carbocycles. The molecule has 19 heavy (non-hydrogen) atoms. The van der Waals surface area contributed by atoms with Crippen LogP contribution in [-0.2, 0) is 6.54 Å². The van der Waals surface area contributed by atoms with Crippen molar-refractivity contribution in [3.8, 4) is 0 Å². The monoisotopic (exact) mass is 331 g/mol. The van der Waals surface area contributed by atoms with Crippen LogP contribution < -0.4 is 11.3 Å². The molecule has 0 saturated heterocycles. The summed E-state index contributed by atoms with van der Waals surface area (Å²) in [6.07, 6.45) is 2.80. The smallest absolute Gasteiger partial charge is 0.0709 e. The van der Waals surface area contributed by atoms with E-state index in [1.165, 1.54) is 0 Å². The van der Waals surface area contributed by atoms with Crippen molar-refractivity contribution in [3.63, 3.8) is 0 Å². The number of likely N-dealkylation sites (N-methyl/N-ethyl adjacent to an activating group) is 1. The Morgan fingerprint density at radius 3 is 2.58 bits per heavy atom. The summed E-state index contributed by atoms with van der Waals surface area (Å²) < 4.78 is 3.04. The Kier molecular flexibility index (Phi) is 5.98. The van der Waals surface area contributed by atoms with Crippen LogP contribution >= 0.6 is 15.9 Å². The highest BCUT2D eigenvalue weighted by Crippen LogP contribution is 2.32. The first kappa shape index (κ1) is 16.6. The number of nitrogens with two attached hydrogens (primary N) is 1. The van der Waals surface area contributed by atoms with Gasteiger partial charge in [0.15, 0.2) is 0 Å². The summed E-state index contributed by atoms with van der Waals surface area (Å²) in [5, 5.41) is 4.43. The van der Waals surface area contributed by atoms with Crippen molar-refractivity contribution < 1.29 is 0 Å². The van der Waals surface area contributed by atoms with Crippen molar-refractivity contribution in [1.29, 1.82) is 0 Å². The third-order valence-electron chi connectivity index (χ3n) is 2.94. The Hall–Kier alpha value is -0.430. The SMILES string of the molecule is CN(C)CCn1ncc(Br)c1C(CC(C)(C)C)NN. The molecule has 3 N–H and O–H groups in total. The molecule has 1 atom stereocenters. The number of rotatable bonds is 6.